The van der Waals surface area contributed by atoms with E-state index in [0.29, 0.717) is 0 Å². The van der Waals surface area contributed by atoms with Crippen molar-refractivity contribution in [1.29, 1.82) is 0 Å². The first kappa shape index (κ1) is 21.7. The summed E-state index contributed by atoms with van der Waals surface area (Å²) in [5.74, 6) is 0. The fraction of sp³-hybridized carbons (Fsp3) is 0. The van der Waals surface area contributed by atoms with Gasteiger partial charge in [0, 0.05) is 35.9 Å². The van der Waals surface area contributed by atoms with Gasteiger partial charge in [-0.15, -0.1) is 0 Å². The van der Waals surface area contributed by atoms with Crippen LogP contribution in [-0.2, 0) is 0 Å². The van der Waals surface area contributed by atoms with E-state index in [1.807, 2.05) is 24.8 Å². The summed E-state index contributed by atoms with van der Waals surface area (Å²) in [6.45, 7) is 0. The Labute approximate surface area is 211 Å². The molecule has 0 aliphatic rings. The second kappa shape index (κ2) is 9.81. The summed E-state index contributed by atoms with van der Waals surface area (Å²) in [6.07, 6.45) is 7.70. The molecule has 0 unspecified atom stereocenters. The van der Waals surface area contributed by atoms with Crippen LogP contribution in [-0.4, -0.2) is 9.97 Å². The summed E-state index contributed by atoms with van der Waals surface area (Å²) in [5, 5.41) is 0. The van der Waals surface area contributed by atoms with Crippen molar-refractivity contribution in [3.05, 3.63) is 146 Å². The van der Waals surface area contributed by atoms with Crippen molar-refractivity contribution in [3.63, 3.8) is 0 Å². The van der Waals surface area contributed by atoms with Gasteiger partial charge in [0.05, 0.1) is 0 Å². The zero-order chi connectivity index (χ0) is 24.2. The van der Waals surface area contributed by atoms with Gasteiger partial charge in [0.1, 0.15) is 0 Å². The highest BCUT2D eigenvalue weighted by atomic mass is 14.6. The highest BCUT2D eigenvalue weighted by Gasteiger charge is 2.17. The van der Waals surface area contributed by atoms with E-state index in [4.69, 9.17) is 0 Å². The molecule has 6 aromatic rings. The van der Waals surface area contributed by atoms with Crippen LogP contribution >= 0.6 is 0 Å². The van der Waals surface area contributed by atoms with E-state index in [1.165, 1.54) is 22.3 Å². The number of aromatic nitrogens is 2. The molecule has 0 amide bonds. The average molecular weight is 461 g/mol. The molecule has 0 saturated heterocycles. The molecule has 2 nitrogen and oxygen atoms in total. The Morgan fingerprint density at radius 1 is 0.278 bits per heavy atom. The monoisotopic (exact) mass is 460 g/mol. The first-order chi connectivity index (χ1) is 17.9. The largest absolute Gasteiger partial charge is 0.264 e. The van der Waals surface area contributed by atoms with Crippen LogP contribution < -0.4 is 0 Å². The molecule has 2 heterocycles. The zero-order valence-electron chi connectivity index (χ0n) is 19.8. The van der Waals surface area contributed by atoms with Crippen molar-refractivity contribution in [3.8, 4) is 55.6 Å². The van der Waals surface area contributed by atoms with Gasteiger partial charge in [0.15, 0.2) is 0 Å². The molecule has 0 N–H and O–H groups in total. The average Bonchev–Trinajstić information content (AvgIpc) is 2.98. The van der Waals surface area contributed by atoms with E-state index in [-0.39, 0.29) is 0 Å². The maximum Gasteiger partial charge on any atom is 0.0352 e. The van der Waals surface area contributed by atoms with Crippen LogP contribution in [0, 0.1) is 0 Å². The standard InChI is InChI=1S/C34H24N2/c1-3-11-25(12-4-1)27-15-7-9-17-29(27)33-23-35-21-19-31(33)32-20-22-36-24-34(32)30-18-10-8-16-28(30)26-13-5-2-6-14-26/h1-24H. The van der Waals surface area contributed by atoms with Crippen LogP contribution in [0.2, 0.25) is 0 Å². The van der Waals surface area contributed by atoms with E-state index < -0.39 is 0 Å². The molecule has 6 rings (SSSR count). The molecule has 2 heteroatoms. The first-order valence-corrected chi connectivity index (χ1v) is 12.1. The van der Waals surface area contributed by atoms with Gasteiger partial charge >= 0.3 is 0 Å². The molecule has 0 fully saturated rings. The quantitative estimate of drug-likeness (QED) is 0.257. The predicted molar refractivity (Wildman–Crippen MR) is 149 cm³/mol. The summed E-state index contributed by atoms with van der Waals surface area (Å²) in [5.41, 5.74) is 11.5. The third-order valence-electron chi connectivity index (χ3n) is 6.54. The minimum atomic E-state index is 1.10. The number of rotatable bonds is 5. The summed E-state index contributed by atoms with van der Waals surface area (Å²) in [6, 6.07) is 42.4. The zero-order valence-corrected chi connectivity index (χ0v) is 19.8. The third-order valence-corrected chi connectivity index (χ3v) is 6.54. The summed E-state index contributed by atoms with van der Waals surface area (Å²) in [4.78, 5) is 9.07. The van der Waals surface area contributed by atoms with E-state index in [9.17, 15) is 0 Å². The molecule has 0 spiro atoms. The second-order valence-electron chi connectivity index (χ2n) is 8.67. The van der Waals surface area contributed by atoms with Gasteiger partial charge in [-0.1, -0.05) is 109 Å². The lowest BCUT2D eigenvalue weighted by molar-refractivity contribution is 1.31. The Balaban J connectivity index is 1.56. The fourth-order valence-corrected chi connectivity index (χ4v) is 4.86. The topological polar surface area (TPSA) is 25.8 Å². The molecule has 0 atom stereocenters. The summed E-state index contributed by atoms with van der Waals surface area (Å²) >= 11 is 0. The maximum atomic E-state index is 4.53. The van der Waals surface area contributed by atoms with Crippen molar-refractivity contribution in [2.75, 3.05) is 0 Å². The number of hydrogen-bond acceptors (Lipinski definition) is 2. The number of benzene rings is 4. The van der Waals surface area contributed by atoms with Crippen molar-refractivity contribution in [1.82, 2.24) is 9.97 Å². The highest BCUT2D eigenvalue weighted by molar-refractivity contribution is 5.97. The minimum Gasteiger partial charge on any atom is -0.264 e. The molecule has 0 radical (unpaired) electrons. The third kappa shape index (κ3) is 4.10. The maximum absolute atomic E-state index is 4.53. The van der Waals surface area contributed by atoms with Crippen molar-refractivity contribution < 1.29 is 0 Å². The van der Waals surface area contributed by atoms with E-state index in [2.05, 4.69) is 131 Å². The lowest BCUT2D eigenvalue weighted by atomic mass is 9.87. The van der Waals surface area contributed by atoms with Crippen LogP contribution in [0.5, 0.6) is 0 Å². The summed E-state index contributed by atoms with van der Waals surface area (Å²) < 4.78 is 0. The van der Waals surface area contributed by atoms with Gasteiger partial charge in [-0.3, -0.25) is 9.97 Å². The van der Waals surface area contributed by atoms with Gasteiger partial charge < -0.3 is 0 Å². The van der Waals surface area contributed by atoms with Crippen LogP contribution in [0.1, 0.15) is 0 Å². The van der Waals surface area contributed by atoms with Crippen LogP contribution in [0.3, 0.4) is 0 Å². The smallest absolute Gasteiger partial charge is 0.0352 e. The normalized spacial score (nSPS) is 10.8. The molecule has 0 saturated carbocycles. The van der Waals surface area contributed by atoms with Gasteiger partial charge in [-0.25, -0.2) is 0 Å². The second-order valence-corrected chi connectivity index (χ2v) is 8.67. The van der Waals surface area contributed by atoms with Crippen LogP contribution in [0.4, 0.5) is 0 Å². The Morgan fingerprint density at radius 2 is 0.611 bits per heavy atom. The van der Waals surface area contributed by atoms with Gasteiger partial charge in [-0.05, 0) is 56.6 Å². The van der Waals surface area contributed by atoms with E-state index >= 15 is 0 Å². The van der Waals surface area contributed by atoms with Crippen molar-refractivity contribution in [2.45, 2.75) is 0 Å². The lowest BCUT2D eigenvalue weighted by Gasteiger charge is -2.18. The van der Waals surface area contributed by atoms with Crippen molar-refractivity contribution in [2.24, 2.45) is 0 Å². The number of nitrogens with zero attached hydrogens (tertiary/aromatic N) is 2. The molecular formula is C34H24N2. The van der Waals surface area contributed by atoms with Gasteiger partial charge in [0.2, 0.25) is 0 Å². The Hall–Kier alpha value is -4.82. The minimum absolute atomic E-state index is 1.10. The highest BCUT2D eigenvalue weighted by Crippen LogP contribution is 2.42. The SMILES string of the molecule is c1ccc(-c2ccccc2-c2cnccc2-c2ccncc2-c2ccccc2-c2ccccc2)cc1. The molecule has 170 valence electrons. The van der Waals surface area contributed by atoms with E-state index in [0.717, 1.165) is 33.4 Å². The molecule has 4 aromatic carbocycles. The molecule has 0 aliphatic heterocycles. The molecule has 0 bridgehead atoms. The van der Waals surface area contributed by atoms with Crippen molar-refractivity contribution >= 4 is 0 Å². The molecular weight excluding hydrogens is 436 g/mol. The number of hydrogen-bond donors (Lipinski definition) is 0. The fourth-order valence-electron chi connectivity index (χ4n) is 4.86. The first-order valence-electron chi connectivity index (χ1n) is 12.1. The van der Waals surface area contributed by atoms with Crippen LogP contribution in [0.25, 0.3) is 55.6 Å². The van der Waals surface area contributed by atoms with E-state index in [1.54, 1.807) is 0 Å². The lowest BCUT2D eigenvalue weighted by Crippen LogP contribution is -1.94. The Morgan fingerprint density at radius 3 is 1.03 bits per heavy atom. The number of pyridine rings is 2. The Kier molecular flexibility index (Phi) is 5.91. The van der Waals surface area contributed by atoms with Gasteiger partial charge in [-0.2, -0.15) is 0 Å². The Bertz CT molecular complexity index is 1500. The molecule has 2 aromatic heterocycles. The van der Waals surface area contributed by atoms with Gasteiger partial charge in [0.25, 0.3) is 0 Å². The molecule has 36 heavy (non-hydrogen) atoms. The predicted octanol–water partition coefficient (Wildman–Crippen LogP) is 8.81. The molecule has 0 aliphatic carbocycles. The van der Waals surface area contributed by atoms with Crippen LogP contribution in [0.15, 0.2) is 146 Å². The summed E-state index contributed by atoms with van der Waals surface area (Å²) in [7, 11) is 0.